The van der Waals surface area contributed by atoms with Gasteiger partial charge in [-0.3, -0.25) is 0 Å². The molecule has 6 heteroatoms. The Hall–Kier alpha value is -1.78. The Balaban J connectivity index is 2.15. The van der Waals surface area contributed by atoms with Gasteiger partial charge in [0.25, 0.3) is 0 Å². The van der Waals surface area contributed by atoms with Crippen molar-refractivity contribution in [2.75, 3.05) is 10.6 Å². The topological polar surface area (TPSA) is 41.1 Å². The summed E-state index contributed by atoms with van der Waals surface area (Å²) in [7, 11) is 0. The third-order valence-corrected chi connectivity index (χ3v) is 3.20. The standard InChI is InChI=1S/C14H11Cl2FN2O/c1-8-5-6-9(15)7-12(8)18-14(20)19-13-10(16)3-2-4-11(13)17/h2-7H,1H3,(H2,18,19,20). The Morgan fingerprint density at radius 3 is 2.60 bits per heavy atom. The molecule has 2 rings (SSSR count). The molecule has 0 aromatic heterocycles. The van der Waals surface area contributed by atoms with Crippen LogP contribution in [0.25, 0.3) is 0 Å². The molecule has 0 radical (unpaired) electrons. The zero-order chi connectivity index (χ0) is 14.7. The van der Waals surface area contributed by atoms with Crippen molar-refractivity contribution in [2.45, 2.75) is 6.92 Å². The fraction of sp³-hybridized carbons (Fsp3) is 0.0714. The molecule has 0 unspecified atom stereocenters. The van der Waals surface area contributed by atoms with E-state index in [0.29, 0.717) is 10.7 Å². The number of amides is 2. The van der Waals surface area contributed by atoms with Crippen LogP contribution in [0.4, 0.5) is 20.6 Å². The molecule has 2 N–H and O–H groups in total. The third-order valence-electron chi connectivity index (χ3n) is 2.65. The van der Waals surface area contributed by atoms with Crippen LogP contribution < -0.4 is 10.6 Å². The van der Waals surface area contributed by atoms with E-state index in [1.54, 1.807) is 18.2 Å². The molecule has 3 nitrogen and oxygen atoms in total. The van der Waals surface area contributed by atoms with Crippen molar-refractivity contribution in [3.63, 3.8) is 0 Å². The molecule has 0 spiro atoms. The van der Waals surface area contributed by atoms with Crippen LogP contribution in [0, 0.1) is 12.7 Å². The molecule has 2 aromatic carbocycles. The molecule has 0 aliphatic heterocycles. The van der Waals surface area contributed by atoms with E-state index in [2.05, 4.69) is 10.6 Å². The van der Waals surface area contributed by atoms with E-state index in [4.69, 9.17) is 23.2 Å². The third kappa shape index (κ3) is 3.40. The fourth-order valence-corrected chi connectivity index (χ4v) is 2.00. The zero-order valence-corrected chi connectivity index (χ0v) is 12.0. The maximum absolute atomic E-state index is 13.5. The summed E-state index contributed by atoms with van der Waals surface area (Å²) in [6.07, 6.45) is 0. The lowest BCUT2D eigenvalue weighted by Gasteiger charge is -2.11. The summed E-state index contributed by atoms with van der Waals surface area (Å²) in [5, 5.41) is 5.59. The monoisotopic (exact) mass is 312 g/mol. The van der Waals surface area contributed by atoms with Gasteiger partial charge in [-0.25, -0.2) is 9.18 Å². The van der Waals surface area contributed by atoms with E-state index in [-0.39, 0.29) is 10.7 Å². The summed E-state index contributed by atoms with van der Waals surface area (Å²) in [5.41, 5.74) is 1.32. The number of hydrogen-bond acceptors (Lipinski definition) is 1. The maximum atomic E-state index is 13.5. The van der Waals surface area contributed by atoms with Gasteiger partial charge in [-0.15, -0.1) is 0 Å². The summed E-state index contributed by atoms with van der Waals surface area (Å²) in [6.45, 7) is 1.82. The van der Waals surface area contributed by atoms with Crippen LogP contribution in [0.3, 0.4) is 0 Å². The lowest BCUT2D eigenvalue weighted by atomic mass is 10.2. The number of aryl methyl sites for hydroxylation is 1. The number of carbonyl (C=O) groups is 1. The summed E-state index contributed by atoms with van der Waals surface area (Å²) in [5.74, 6) is -0.601. The number of benzene rings is 2. The Bertz CT molecular complexity index is 641. The summed E-state index contributed by atoms with van der Waals surface area (Å²) in [4.78, 5) is 11.9. The van der Waals surface area contributed by atoms with Crippen LogP contribution in [-0.4, -0.2) is 6.03 Å². The SMILES string of the molecule is Cc1ccc(Cl)cc1NC(=O)Nc1c(F)cccc1Cl. The summed E-state index contributed by atoms with van der Waals surface area (Å²) >= 11 is 11.7. The Morgan fingerprint density at radius 1 is 1.15 bits per heavy atom. The molecule has 0 aliphatic carbocycles. The highest BCUT2D eigenvalue weighted by Crippen LogP contribution is 2.25. The lowest BCUT2D eigenvalue weighted by molar-refractivity contribution is 0.262. The first-order valence-corrected chi connectivity index (χ1v) is 6.51. The molecule has 0 aliphatic rings. The highest BCUT2D eigenvalue weighted by Gasteiger charge is 2.11. The van der Waals surface area contributed by atoms with E-state index in [1.807, 2.05) is 6.92 Å². The number of para-hydroxylation sites is 1. The number of rotatable bonds is 2. The lowest BCUT2D eigenvalue weighted by Crippen LogP contribution is -2.20. The van der Waals surface area contributed by atoms with Gasteiger partial charge in [0.2, 0.25) is 0 Å². The van der Waals surface area contributed by atoms with Crippen molar-refractivity contribution in [3.8, 4) is 0 Å². The van der Waals surface area contributed by atoms with Crippen LogP contribution >= 0.6 is 23.2 Å². The van der Waals surface area contributed by atoms with Gasteiger partial charge in [0, 0.05) is 10.7 Å². The zero-order valence-electron chi connectivity index (χ0n) is 10.5. The molecule has 2 aromatic rings. The van der Waals surface area contributed by atoms with Gasteiger partial charge < -0.3 is 10.6 Å². The summed E-state index contributed by atoms with van der Waals surface area (Å²) < 4.78 is 13.5. The number of urea groups is 1. The normalized spacial score (nSPS) is 10.2. The molecule has 0 bridgehead atoms. The summed E-state index contributed by atoms with van der Waals surface area (Å²) in [6, 6.07) is 8.67. The fourth-order valence-electron chi connectivity index (χ4n) is 1.61. The molecule has 0 atom stereocenters. The van der Waals surface area contributed by atoms with E-state index < -0.39 is 11.8 Å². The van der Waals surface area contributed by atoms with Gasteiger partial charge in [0.15, 0.2) is 0 Å². The number of carbonyl (C=O) groups excluding carboxylic acids is 1. The molecule has 0 fully saturated rings. The second kappa shape index (κ2) is 6.11. The second-order valence-electron chi connectivity index (χ2n) is 4.14. The average Bonchev–Trinajstić information content (AvgIpc) is 2.38. The first-order chi connectivity index (χ1) is 9.47. The van der Waals surface area contributed by atoms with Gasteiger partial charge in [0.05, 0.1) is 10.7 Å². The molecule has 2 amide bonds. The second-order valence-corrected chi connectivity index (χ2v) is 4.98. The molecule has 0 saturated heterocycles. The minimum absolute atomic E-state index is 0.0636. The minimum atomic E-state index is -0.601. The van der Waals surface area contributed by atoms with Gasteiger partial charge in [-0.1, -0.05) is 35.3 Å². The van der Waals surface area contributed by atoms with E-state index in [1.165, 1.54) is 18.2 Å². The van der Waals surface area contributed by atoms with E-state index in [9.17, 15) is 9.18 Å². The van der Waals surface area contributed by atoms with Crippen molar-refractivity contribution in [1.29, 1.82) is 0 Å². The van der Waals surface area contributed by atoms with Crippen LogP contribution in [0.5, 0.6) is 0 Å². The number of nitrogens with one attached hydrogen (secondary N) is 2. The van der Waals surface area contributed by atoms with Gasteiger partial charge in [-0.05, 0) is 36.8 Å². The van der Waals surface area contributed by atoms with Crippen molar-refractivity contribution < 1.29 is 9.18 Å². The maximum Gasteiger partial charge on any atom is 0.323 e. The van der Waals surface area contributed by atoms with Crippen molar-refractivity contribution in [2.24, 2.45) is 0 Å². The Kier molecular flexibility index (Phi) is 4.47. The van der Waals surface area contributed by atoms with Crippen LogP contribution in [-0.2, 0) is 0 Å². The molecule has 104 valence electrons. The average molecular weight is 313 g/mol. The molecule has 0 saturated carbocycles. The number of hydrogen-bond donors (Lipinski definition) is 2. The first kappa shape index (κ1) is 14.6. The van der Waals surface area contributed by atoms with Gasteiger partial charge >= 0.3 is 6.03 Å². The smallest absolute Gasteiger partial charge is 0.307 e. The molecular formula is C14H11Cl2FN2O. The largest absolute Gasteiger partial charge is 0.323 e. The number of halogens is 3. The predicted molar refractivity (Wildman–Crippen MR) is 80.2 cm³/mol. The highest BCUT2D eigenvalue weighted by molar-refractivity contribution is 6.34. The van der Waals surface area contributed by atoms with Gasteiger partial charge in [0.1, 0.15) is 5.82 Å². The van der Waals surface area contributed by atoms with Crippen molar-refractivity contribution in [3.05, 3.63) is 57.8 Å². The van der Waals surface area contributed by atoms with Crippen molar-refractivity contribution in [1.82, 2.24) is 0 Å². The van der Waals surface area contributed by atoms with Crippen molar-refractivity contribution >= 4 is 40.6 Å². The first-order valence-electron chi connectivity index (χ1n) is 5.75. The molecule has 20 heavy (non-hydrogen) atoms. The molecular weight excluding hydrogens is 302 g/mol. The number of anilines is 2. The Morgan fingerprint density at radius 2 is 1.90 bits per heavy atom. The minimum Gasteiger partial charge on any atom is -0.307 e. The van der Waals surface area contributed by atoms with Crippen LogP contribution in [0.1, 0.15) is 5.56 Å². The van der Waals surface area contributed by atoms with E-state index in [0.717, 1.165) is 5.56 Å². The van der Waals surface area contributed by atoms with E-state index >= 15 is 0 Å². The molecule has 0 heterocycles. The Labute approximate surface area is 125 Å². The highest BCUT2D eigenvalue weighted by atomic mass is 35.5. The van der Waals surface area contributed by atoms with Crippen LogP contribution in [0.2, 0.25) is 10.0 Å². The quantitative estimate of drug-likeness (QED) is 0.797. The van der Waals surface area contributed by atoms with Crippen LogP contribution in [0.15, 0.2) is 36.4 Å². The predicted octanol–water partition coefficient (Wildman–Crippen LogP) is 5.08. The van der Waals surface area contributed by atoms with Gasteiger partial charge in [-0.2, -0.15) is 0 Å².